The van der Waals surface area contributed by atoms with E-state index in [0.29, 0.717) is 23.4 Å². The standard InChI is InChI=1S/C40H22N4O2S/c1-3-10-23(11-4-1)37-42-38(24-12-5-2-6-13-24)44-39(43-37)28-16-9-15-27-30-21-31-34(22-35(30)47-36(27)28)46-40(41-31)25-18-19-33-29(20-25)26-14-7-8-17-32(26)45-33/h1-22H. The quantitative estimate of drug-likeness (QED) is 0.194. The first-order valence-electron chi connectivity index (χ1n) is 15.3. The number of oxazole rings is 1. The third-order valence-corrected chi connectivity index (χ3v) is 9.77. The number of aromatic nitrogens is 4. The molecular weight excluding hydrogens is 601 g/mol. The average Bonchev–Trinajstić information content (AvgIpc) is 3.83. The summed E-state index contributed by atoms with van der Waals surface area (Å²) in [5.41, 5.74) is 7.04. The van der Waals surface area contributed by atoms with Gasteiger partial charge in [0.05, 0.1) is 0 Å². The summed E-state index contributed by atoms with van der Waals surface area (Å²) < 4.78 is 14.6. The largest absolute Gasteiger partial charge is 0.456 e. The topological polar surface area (TPSA) is 77.8 Å². The lowest BCUT2D eigenvalue weighted by molar-refractivity contribution is 0.620. The lowest BCUT2D eigenvalue weighted by Crippen LogP contribution is -2.00. The number of benzene rings is 6. The van der Waals surface area contributed by atoms with E-state index in [1.165, 1.54) is 0 Å². The Labute approximate surface area is 271 Å². The van der Waals surface area contributed by atoms with E-state index in [1.807, 2.05) is 91.0 Å². The minimum absolute atomic E-state index is 0.585. The normalized spacial score (nSPS) is 11.8. The average molecular weight is 623 g/mol. The Morgan fingerprint density at radius 2 is 1.11 bits per heavy atom. The number of hydrogen-bond acceptors (Lipinski definition) is 7. The molecular formula is C40H22N4O2S. The van der Waals surface area contributed by atoms with Crippen molar-refractivity contribution in [3.8, 4) is 45.6 Å². The maximum Gasteiger partial charge on any atom is 0.227 e. The van der Waals surface area contributed by atoms with E-state index in [1.54, 1.807) is 11.3 Å². The molecule has 220 valence electrons. The predicted octanol–water partition coefficient (Wildman–Crippen LogP) is 10.9. The van der Waals surface area contributed by atoms with Crippen molar-refractivity contribution in [1.82, 2.24) is 19.9 Å². The second kappa shape index (κ2) is 10.2. The van der Waals surface area contributed by atoms with Crippen molar-refractivity contribution in [2.45, 2.75) is 0 Å². The van der Waals surface area contributed by atoms with Gasteiger partial charge in [-0.2, -0.15) is 0 Å². The molecule has 0 atom stereocenters. The highest BCUT2D eigenvalue weighted by atomic mass is 32.1. The number of para-hydroxylation sites is 1. The van der Waals surface area contributed by atoms with Crippen LogP contribution in [0.25, 0.3) is 98.8 Å². The molecule has 0 unspecified atom stereocenters. The Morgan fingerprint density at radius 1 is 0.426 bits per heavy atom. The van der Waals surface area contributed by atoms with Gasteiger partial charge in [0.25, 0.3) is 0 Å². The Balaban J connectivity index is 1.11. The molecule has 0 saturated carbocycles. The first-order chi connectivity index (χ1) is 23.2. The van der Waals surface area contributed by atoms with Crippen molar-refractivity contribution in [2.24, 2.45) is 0 Å². The van der Waals surface area contributed by atoms with Crippen LogP contribution in [0.4, 0.5) is 0 Å². The van der Waals surface area contributed by atoms with Crippen LogP contribution in [0.1, 0.15) is 0 Å². The molecule has 47 heavy (non-hydrogen) atoms. The Kier molecular flexibility index (Phi) is 5.64. The molecule has 4 aromatic heterocycles. The van der Waals surface area contributed by atoms with E-state index in [9.17, 15) is 0 Å². The van der Waals surface area contributed by atoms with Crippen LogP contribution in [0.15, 0.2) is 142 Å². The molecule has 6 nitrogen and oxygen atoms in total. The second-order valence-electron chi connectivity index (χ2n) is 11.5. The number of hydrogen-bond donors (Lipinski definition) is 0. The van der Waals surface area contributed by atoms with Gasteiger partial charge in [-0.25, -0.2) is 19.9 Å². The lowest BCUT2D eigenvalue weighted by atomic mass is 10.1. The fourth-order valence-corrected chi connectivity index (χ4v) is 7.53. The molecule has 0 aliphatic carbocycles. The molecule has 0 radical (unpaired) electrons. The van der Waals surface area contributed by atoms with Crippen LogP contribution in [-0.2, 0) is 0 Å². The molecule has 0 spiro atoms. The van der Waals surface area contributed by atoms with Gasteiger partial charge in [-0.05, 0) is 36.4 Å². The van der Waals surface area contributed by atoms with Crippen molar-refractivity contribution in [2.75, 3.05) is 0 Å². The van der Waals surface area contributed by atoms with Crippen molar-refractivity contribution < 1.29 is 8.83 Å². The molecule has 0 aliphatic heterocycles. The zero-order valence-electron chi connectivity index (χ0n) is 24.7. The zero-order valence-corrected chi connectivity index (χ0v) is 25.5. The number of thiophene rings is 1. The highest BCUT2D eigenvalue weighted by Gasteiger charge is 2.19. The van der Waals surface area contributed by atoms with Crippen LogP contribution in [0.3, 0.4) is 0 Å². The molecule has 0 saturated heterocycles. The first-order valence-corrected chi connectivity index (χ1v) is 16.1. The molecule has 0 aliphatic rings. The molecule has 0 bridgehead atoms. The van der Waals surface area contributed by atoms with E-state index < -0.39 is 0 Å². The highest BCUT2D eigenvalue weighted by molar-refractivity contribution is 7.26. The highest BCUT2D eigenvalue weighted by Crippen LogP contribution is 2.42. The summed E-state index contributed by atoms with van der Waals surface area (Å²) in [5, 5.41) is 4.37. The van der Waals surface area contributed by atoms with Gasteiger partial charge in [0.15, 0.2) is 23.1 Å². The minimum Gasteiger partial charge on any atom is -0.456 e. The summed E-state index contributed by atoms with van der Waals surface area (Å²) in [6.07, 6.45) is 0. The molecule has 4 heterocycles. The Bertz CT molecular complexity index is 2740. The predicted molar refractivity (Wildman–Crippen MR) is 189 cm³/mol. The van der Waals surface area contributed by atoms with Crippen molar-refractivity contribution >= 4 is 64.5 Å². The van der Waals surface area contributed by atoms with Gasteiger partial charge < -0.3 is 8.83 Å². The van der Waals surface area contributed by atoms with E-state index in [0.717, 1.165) is 75.5 Å². The van der Waals surface area contributed by atoms with Crippen LogP contribution in [0, 0.1) is 0 Å². The molecule has 0 amide bonds. The van der Waals surface area contributed by atoms with Gasteiger partial charge in [0.1, 0.15) is 16.7 Å². The van der Waals surface area contributed by atoms with Gasteiger partial charge in [-0.1, -0.05) is 91.0 Å². The lowest BCUT2D eigenvalue weighted by Gasteiger charge is -2.09. The summed E-state index contributed by atoms with van der Waals surface area (Å²) in [7, 11) is 0. The summed E-state index contributed by atoms with van der Waals surface area (Å²) in [5.74, 6) is 2.51. The number of fused-ring (bicyclic) bond motifs is 7. The van der Waals surface area contributed by atoms with Gasteiger partial charge >= 0.3 is 0 Å². The Hall–Kier alpha value is -6.18. The van der Waals surface area contributed by atoms with Crippen LogP contribution >= 0.6 is 11.3 Å². The first kappa shape index (κ1) is 26.1. The monoisotopic (exact) mass is 622 g/mol. The van der Waals surface area contributed by atoms with Crippen molar-refractivity contribution in [1.29, 1.82) is 0 Å². The van der Waals surface area contributed by atoms with Crippen LogP contribution < -0.4 is 0 Å². The van der Waals surface area contributed by atoms with Crippen LogP contribution in [-0.4, -0.2) is 19.9 Å². The molecule has 0 fully saturated rings. The third-order valence-electron chi connectivity index (χ3n) is 8.57. The minimum atomic E-state index is 0.585. The van der Waals surface area contributed by atoms with E-state index in [4.69, 9.17) is 28.8 Å². The van der Waals surface area contributed by atoms with Gasteiger partial charge in [-0.15, -0.1) is 11.3 Å². The van der Waals surface area contributed by atoms with Gasteiger partial charge in [-0.3, -0.25) is 0 Å². The number of rotatable bonds is 4. The van der Waals surface area contributed by atoms with Gasteiger partial charge in [0, 0.05) is 59.3 Å². The third kappa shape index (κ3) is 4.25. The number of nitrogens with zero attached hydrogens (tertiary/aromatic N) is 4. The summed E-state index contributed by atoms with van der Waals surface area (Å²) in [6.45, 7) is 0. The van der Waals surface area contributed by atoms with Crippen molar-refractivity contribution in [3.05, 3.63) is 133 Å². The number of furan rings is 1. The SMILES string of the molecule is c1ccc(-c2nc(-c3ccccc3)nc(-c3cccc4c3sc3cc5oc(-c6ccc7oc8ccccc8c7c6)nc5cc34)n2)cc1. The van der Waals surface area contributed by atoms with Crippen LogP contribution in [0.2, 0.25) is 0 Å². The second-order valence-corrected chi connectivity index (χ2v) is 12.5. The Morgan fingerprint density at radius 3 is 1.89 bits per heavy atom. The van der Waals surface area contributed by atoms with E-state index in [2.05, 4.69) is 42.5 Å². The van der Waals surface area contributed by atoms with E-state index >= 15 is 0 Å². The summed E-state index contributed by atoms with van der Waals surface area (Å²) in [6, 6.07) is 44.8. The zero-order chi connectivity index (χ0) is 30.9. The summed E-state index contributed by atoms with van der Waals surface area (Å²) in [4.78, 5) is 19.8. The van der Waals surface area contributed by atoms with Crippen molar-refractivity contribution in [3.63, 3.8) is 0 Å². The molecule has 10 aromatic rings. The fraction of sp³-hybridized carbons (Fsp3) is 0. The molecule has 6 aromatic carbocycles. The maximum atomic E-state index is 6.37. The smallest absolute Gasteiger partial charge is 0.227 e. The maximum absolute atomic E-state index is 6.37. The van der Waals surface area contributed by atoms with Crippen LogP contribution in [0.5, 0.6) is 0 Å². The van der Waals surface area contributed by atoms with E-state index in [-0.39, 0.29) is 0 Å². The molecule has 10 rings (SSSR count). The molecule has 0 N–H and O–H groups in total. The molecule has 7 heteroatoms. The fourth-order valence-electron chi connectivity index (χ4n) is 6.31. The summed E-state index contributed by atoms with van der Waals surface area (Å²) >= 11 is 1.71. The van der Waals surface area contributed by atoms with Gasteiger partial charge in [0.2, 0.25) is 5.89 Å².